The number of β-amino-alcohol motifs (C(OH)–C–C–N with tert-alkyl or cyclic N) is 1. The quantitative estimate of drug-likeness (QED) is 0.672. The van der Waals surface area contributed by atoms with Crippen molar-refractivity contribution in [1.29, 1.82) is 0 Å². The molecule has 0 aromatic heterocycles. The van der Waals surface area contributed by atoms with Crippen LogP contribution in [0.3, 0.4) is 0 Å². The van der Waals surface area contributed by atoms with Gasteiger partial charge in [0, 0.05) is 34.6 Å². The molecule has 144 valence electrons. The molecule has 1 aliphatic rings. The number of hydrogen-bond acceptors (Lipinski definition) is 3. The first-order valence-electron chi connectivity index (χ1n) is 9.03. The van der Waals surface area contributed by atoms with Crippen LogP contribution in [-0.2, 0) is 0 Å². The van der Waals surface area contributed by atoms with Gasteiger partial charge in [-0.2, -0.15) is 0 Å². The van der Waals surface area contributed by atoms with Gasteiger partial charge in [-0.1, -0.05) is 41.4 Å². The number of fused-ring (bicyclic) bond motifs is 1. The molecule has 2 atom stereocenters. The molecule has 0 radical (unpaired) electrons. The SMILES string of the molecule is O=C(c1ccc2cc(-c3cc(Cl)cc(Cl)c3)ccc2c1)N1C[C@H](CO)[C@@H](O)C1. The van der Waals surface area contributed by atoms with Crippen LogP contribution in [-0.4, -0.2) is 46.8 Å². The molecule has 1 fully saturated rings. The number of halogens is 2. The summed E-state index contributed by atoms with van der Waals surface area (Å²) in [5.74, 6) is -0.418. The normalized spacial score (nSPS) is 19.4. The van der Waals surface area contributed by atoms with Gasteiger partial charge in [0.2, 0.25) is 0 Å². The van der Waals surface area contributed by atoms with Crippen LogP contribution < -0.4 is 0 Å². The van der Waals surface area contributed by atoms with E-state index >= 15 is 0 Å². The number of rotatable bonds is 3. The first-order chi connectivity index (χ1) is 13.4. The standard InChI is InChI=1S/C22H19Cl2NO3/c23-19-7-17(8-20(24)9-19)15-2-1-14-6-16(4-3-13(14)5-15)22(28)25-10-18(12-26)21(27)11-25/h1-9,18,21,26-27H,10-12H2/t18-,21+/m1/s1. The van der Waals surface area contributed by atoms with E-state index in [1.807, 2.05) is 42.5 Å². The molecule has 3 aromatic rings. The van der Waals surface area contributed by atoms with Gasteiger partial charge in [0.05, 0.1) is 12.7 Å². The molecule has 28 heavy (non-hydrogen) atoms. The third-order valence-corrected chi connectivity index (χ3v) is 5.65. The Morgan fingerprint density at radius 1 is 0.929 bits per heavy atom. The molecule has 2 N–H and O–H groups in total. The van der Waals surface area contributed by atoms with Crippen molar-refractivity contribution in [2.24, 2.45) is 5.92 Å². The van der Waals surface area contributed by atoms with Gasteiger partial charge in [-0.15, -0.1) is 0 Å². The lowest BCUT2D eigenvalue weighted by Gasteiger charge is -2.16. The Labute approximate surface area is 172 Å². The molecule has 1 amide bonds. The van der Waals surface area contributed by atoms with E-state index in [-0.39, 0.29) is 25.0 Å². The largest absolute Gasteiger partial charge is 0.396 e. The summed E-state index contributed by atoms with van der Waals surface area (Å²) in [6.45, 7) is 0.485. The van der Waals surface area contributed by atoms with Gasteiger partial charge in [-0.3, -0.25) is 4.79 Å². The Kier molecular flexibility index (Phi) is 5.30. The second-order valence-corrected chi connectivity index (χ2v) is 8.03. The number of nitrogens with zero attached hydrogens (tertiary/aromatic N) is 1. The maximum atomic E-state index is 12.8. The molecule has 1 aliphatic heterocycles. The Hall–Kier alpha value is -2.11. The van der Waals surface area contributed by atoms with Crippen molar-refractivity contribution < 1.29 is 15.0 Å². The molecular weight excluding hydrogens is 397 g/mol. The van der Waals surface area contributed by atoms with E-state index in [9.17, 15) is 15.0 Å². The number of hydrogen-bond donors (Lipinski definition) is 2. The summed E-state index contributed by atoms with van der Waals surface area (Å²) < 4.78 is 0. The average Bonchev–Trinajstić information content (AvgIpc) is 3.06. The van der Waals surface area contributed by atoms with E-state index in [4.69, 9.17) is 23.2 Å². The van der Waals surface area contributed by atoms with Gasteiger partial charge < -0.3 is 15.1 Å². The smallest absolute Gasteiger partial charge is 0.253 e. The molecule has 6 heteroatoms. The van der Waals surface area contributed by atoms with Crippen LogP contribution >= 0.6 is 23.2 Å². The van der Waals surface area contributed by atoms with Crippen LogP contribution in [0.1, 0.15) is 10.4 Å². The van der Waals surface area contributed by atoms with Crippen LogP contribution in [0.15, 0.2) is 54.6 Å². The highest BCUT2D eigenvalue weighted by Gasteiger charge is 2.33. The summed E-state index contributed by atoms with van der Waals surface area (Å²) in [4.78, 5) is 14.4. The summed E-state index contributed by atoms with van der Waals surface area (Å²) in [5.41, 5.74) is 2.49. The van der Waals surface area contributed by atoms with Gasteiger partial charge >= 0.3 is 0 Å². The highest BCUT2D eigenvalue weighted by atomic mass is 35.5. The Balaban J connectivity index is 1.63. The molecule has 3 aromatic carbocycles. The number of aliphatic hydroxyl groups excluding tert-OH is 2. The summed E-state index contributed by atoms with van der Waals surface area (Å²) in [7, 11) is 0. The fraction of sp³-hybridized carbons (Fsp3) is 0.227. The monoisotopic (exact) mass is 415 g/mol. The molecule has 0 unspecified atom stereocenters. The lowest BCUT2D eigenvalue weighted by atomic mass is 9.99. The average molecular weight is 416 g/mol. The van der Waals surface area contributed by atoms with E-state index < -0.39 is 6.10 Å². The molecule has 4 rings (SSSR count). The fourth-order valence-corrected chi connectivity index (χ4v) is 4.19. The highest BCUT2D eigenvalue weighted by Crippen LogP contribution is 2.30. The van der Waals surface area contributed by atoms with Gasteiger partial charge in [0.25, 0.3) is 5.91 Å². The van der Waals surface area contributed by atoms with Crippen molar-refractivity contribution in [2.45, 2.75) is 6.10 Å². The third kappa shape index (κ3) is 3.74. The lowest BCUT2D eigenvalue weighted by molar-refractivity contribution is 0.0763. The summed E-state index contributed by atoms with van der Waals surface area (Å²) in [6, 6.07) is 16.9. The predicted molar refractivity (Wildman–Crippen MR) is 112 cm³/mol. The van der Waals surface area contributed by atoms with Crippen LogP contribution in [0.5, 0.6) is 0 Å². The zero-order valence-electron chi connectivity index (χ0n) is 15.0. The zero-order valence-corrected chi connectivity index (χ0v) is 16.5. The van der Waals surface area contributed by atoms with Crippen molar-refractivity contribution in [2.75, 3.05) is 19.7 Å². The second kappa shape index (κ2) is 7.72. The Morgan fingerprint density at radius 2 is 1.61 bits per heavy atom. The number of aliphatic hydroxyl groups is 2. The van der Waals surface area contributed by atoms with E-state index in [1.54, 1.807) is 17.0 Å². The molecule has 0 spiro atoms. The van der Waals surface area contributed by atoms with Crippen molar-refractivity contribution in [1.82, 2.24) is 4.90 Å². The van der Waals surface area contributed by atoms with E-state index in [1.165, 1.54) is 0 Å². The molecular formula is C22H19Cl2NO3. The Morgan fingerprint density at radius 3 is 2.29 bits per heavy atom. The van der Waals surface area contributed by atoms with E-state index in [2.05, 4.69) is 0 Å². The molecule has 1 saturated heterocycles. The van der Waals surface area contributed by atoms with Crippen LogP contribution in [0.2, 0.25) is 10.0 Å². The van der Waals surface area contributed by atoms with Crippen LogP contribution in [0.25, 0.3) is 21.9 Å². The topological polar surface area (TPSA) is 60.8 Å². The highest BCUT2D eigenvalue weighted by molar-refractivity contribution is 6.35. The summed E-state index contributed by atoms with van der Waals surface area (Å²) >= 11 is 12.2. The van der Waals surface area contributed by atoms with Crippen molar-refractivity contribution in [3.63, 3.8) is 0 Å². The zero-order chi connectivity index (χ0) is 19.8. The lowest BCUT2D eigenvalue weighted by Crippen LogP contribution is -2.29. The number of carbonyl (C=O) groups excluding carboxylic acids is 1. The number of amides is 1. The third-order valence-electron chi connectivity index (χ3n) is 5.21. The molecule has 0 bridgehead atoms. The number of carbonyl (C=O) groups is 1. The first kappa shape index (κ1) is 19.2. The second-order valence-electron chi connectivity index (χ2n) is 7.15. The molecule has 0 saturated carbocycles. The van der Waals surface area contributed by atoms with Gasteiger partial charge in [0.1, 0.15) is 0 Å². The minimum atomic E-state index is -0.679. The van der Waals surface area contributed by atoms with Crippen molar-refractivity contribution >= 4 is 39.9 Å². The fourth-order valence-electron chi connectivity index (χ4n) is 3.66. The van der Waals surface area contributed by atoms with Gasteiger partial charge in [-0.25, -0.2) is 0 Å². The summed E-state index contributed by atoms with van der Waals surface area (Å²) in [6.07, 6.45) is -0.679. The van der Waals surface area contributed by atoms with Gasteiger partial charge in [0.15, 0.2) is 0 Å². The molecule has 1 heterocycles. The predicted octanol–water partition coefficient (Wildman–Crippen LogP) is 4.24. The molecule has 0 aliphatic carbocycles. The van der Waals surface area contributed by atoms with E-state index in [0.29, 0.717) is 22.2 Å². The van der Waals surface area contributed by atoms with Crippen molar-refractivity contribution in [3.05, 3.63) is 70.2 Å². The van der Waals surface area contributed by atoms with Crippen LogP contribution in [0.4, 0.5) is 0 Å². The molecule has 4 nitrogen and oxygen atoms in total. The van der Waals surface area contributed by atoms with Gasteiger partial charge in [-0.05, 0) is 58.3 Å². The van der Waals surface area contributed by atoms with Crippen molar-refractivity contribution in [3.8, 4) is 11.1 Å². The summed E-state index contributed by atoms with van der Waals surface area (Å²) in [5, 5.41) is 22.3. The Bertz CT molecular complexity index is 1030. The number of likely N-dealkylation sites (tertiary alicyclic amines) is 1. The van der Waals surface area contributed by atoms with E-state index in [0.717, 1.165) is 21.9 Å². The maximum absolute atomic E-state index is 12.8. The number of benzene rings is 3. The minimum Gasteiger partial charge on any atom is -0.396 e. The first-order valence-corrected chi connectivity index (χ1v) is 9.78. The maximum Gasteiger partial charge on any atom is 0.253 e. The minimum absolute atomic E-state index is 0.126. The van der Waals surface area contributed by atoms with Crippen LogP contribution in [0, 0.1) is 5.92 Å².